The zero-order chi connectivity index (χ0) is 19.2. The predicted octanol–water partition coefficient (Wildman–Crippen LogP) is 3.72. The van der Waals surface area contributed by atoms with E-state index in [-0.39, 0.29) is 11.6 Å². The number of nitrogens with zero attached hydrogens (tertiary/aromatic N) is 3. The number of benzene rings is 2. The highest BCUT2D eigenvalue weighted by molar-refractivity contribution is 6.02. The molecule has 27 heavy (non-hydrogen) atoms. The summed E-state index contributed by atoms with van der Waals surface area (Å²) in [5, 5.41) is 6.04. The summed E-state index contributed by atoms with van der Waals surface area (Å²) in [6.45, 7) is 2.71. The third-order valence-corrected chi connectivity index (χ3v) is 4.08. The van der Waals surface area contributed by atoms with Gasteiger partial charge in [0.05, 0.1) is 12.4 Å². The molecule has 3 rings (SSSR count). The second-order valence-corrected chi connectivity index (χ2v) is 6.52. The molecule has 0 bridgehead atoms. The summed E-state index contributed by atoms with van der Waals surface area (Å²) in [5.41, 5.74) is 4.43. The predicted molar refractivity (Wildman–Crippen MR) is 109 cm³/mol. The van der Waals surface area contributed by atoms with Crippen molar-refractivity contribution >= 4 is 23.1 Å². The SMILES string of the molecule is Cc1cccc(CNc2cnc(C(=O)Nc3ccc(N(C)C)cc3)cn2)c1. The highest BCUT2D eigenvalue weighted by atomic mass is 16.1. The van der Waals surface area contributed by atoms with Gasteiger partial charge in [0, 0.05) is 32.0 Å². The number of amides is 1. The van der Waals surface area contributed by atoms with E-state index in [0.717, 1.165) is 5.69 Å². The maximum absolute atomic E-state index is 12.3. The molecule has 0 radical (unpaired) electrons. The largest absolute Gasteiger partial charge is 0.378 e. The van der Waals surface area contributed by atoms with E-state index in [1.54, 1.807) is 6.20 Å². The zero-order valence-corrected chi connectivity index (χ0v) is 15.7. The molecule has 1 amide bonds. The molecule has 2 aromatic carbocycles. The third-order valence-electron chi connectivity index (χ3n) is 4.08. The average Bonchev–Trinajstić information content (AvgIpc) is 2.67. The highest BCUT2D eigenvalue weighted by Gasteiger charge is 2.09. The monoisotopic (exact) mass is 361 g/mol. The molecule has 1 heterocycles. The molecular weight excluding hydrogens is 338 g/mol. The number of hydrogen-bond donors (Lipinski definition) is 2. The van der Waals surface area contributed by atoms with Crippen molar-refractivity contribution in [3.8, 4) is 0 Å². The van der Waals surface area contributed by atoms with Crippen molar-refractivity contribution in [1.29, 1.82) is 0 Å². The molecule has 0 spiro atoms. The Morgan fingerprint density at radius 1 is 1.04 bits per heavy atom. The van der Waals surface area contributed by atoms with E-state index in [2.05, 4.69) is 45.7 Å². The third kappa shape index (κ3) is 5.04. The summed E-state index contributed by atoms with van der Waals surface area (Å²) in [5.74, 6) is 0.341. The molecule has 138 valence electrons. The van der Waals surface area contributed by atoms with Crippen LogP contribution in [0.3, 0.4) is 0 Å². The highest BCUT2D eigenvalue weighted by Crippen LogP contribution is 2.16. The maximum Gasteiger partial charge on any atom is 0.275 e. The number of hydrogen-bond acceptors (Lipinski definition) is 5. The Morgan fingerprint density at radius 2 is 1.81 bits per heavy atom. The van der Waals surface area contributed by atoms with Crippen molar-refractivity contribution in [3.63, 3.8) is 0 Å². The Hall–Kier alpha value is -3.41. The van der Waals surface area contributed by atoms with E-state index >= 15 is 0 Å². The number of carbonyl (C=O) groups is 1. The van der Waals surface area contributed by atoms with Crippen molar-refractivity contribution in [1.82, 2.24) is 9.97 Å². The fraction of sp³-hybridized carbons (Fsp3) is 0.190. The second kappa shape index (κ2) is 8.31. The van der Waals surface area contributed by atoms with Crippen LogP contribution in [-0.4, -0.2) is 30.0 Å². The smallest absolute Gasteiger partial charge is 0.275 e. The summed E-state index contributed by atoms with van der Waals surface area (Å²) in [6, 6.07) is 15.9. The number of anilines is 3. The van der Waals surface area contributed by atoms with Crippen LogP contribution in [0, 0.1) is 6.92 Å². The lowest BCUT2D eigenvalue weighted by atomic mass is 10.1. The second-order valence-electron chi connectivity index (χ2n) is 6.52. The van der Waals surface area contributed by atoms with Gasteiger partial charge in [-0.25, -0.2) is 9.97 Å². The first-order valence-electron chi connectivity index (χ1n) is 8.71. The van der Waals surface area contributed by atoms with E-state index < -0.39 is 0 Å². The fourth-order valence-corrected chi connectivity index (χ4v) is 2.59. The normalized spacial score (nSPS) is 10.3. The first-order chi connectivity index (χ1) is 13.0. The van der Waals surface area contributed by atoms with Crippen molar-refractivity contribution in [3.05, 3.63) is 77.7 Å². The Kier molecular flexibility index (Phi) is 5.66. The van der Waals surface area contributed by atoms with Crippen LogP contribution in [0.4, 0.5) is 17.2 Å². The standard InChI is InChI=1S/C21H23N5O/c1-15-5-4-6-16(11-15)12-23-20-14-22-19(13-24-20)21(27)25-17-7-9-18(10-8-17)26(2)3/h4-11,13-14H,12H2,1-3H3,(H,23,24)(H,25,27). The molecule has 0 unspecified atom stereocenters. The summed E-state index contributed by atoms with van der Waals surface area (Å²) in [6.07, 6.45) is 3.04. The topological polar surface area (TPSA) is 70.2 Å². The minimum absolute atomic E-state index is 0.271. The van der Waals surface area contributed by atoms with Crippen molar-refractivity contribution < 1.29 is 4.79 Å². The number of rotatable bonds is 6. The van der Waals surface area contributed by atoms with E-state index in [0.29, 0.717) is 18.1 Å². The van der Waals surface area contributed by atoms with Gasteiger partial charge in [0.2, 0.25) is 0 Å². The Labute approximate surface area is 159 Å². The minimum atomic E-state index is -0.287. The molecule has 3 aromatic rings. The van der Waals surface area contributed by atoms with E-state index in [4.69, 9.17) is 0 Å². The molecule has 0 aliphatic carbocycles. The van der Waals surface area contributed by atoms with Crippen LogP contribution in [0.1, 0.15) is 21.6 Å². The Balaban J connectivity index is 1.58. The number of aryl methyl sites for hydroxylation is 1. The van der Waals surface area contributed by atoms with Gasteiger partial charge in [0.1, 0.15) is 11.5 Å². The zero-order valence-electron chi connectivity index (χ0n) is 15.7. The first-order valence-corrected chi connectivity index (χ1v) is 8.71. The Bertz CT molecular complexity index is 905. The number of aromatic nitrogens is 2. The van der Waals surface area contributed by atoms with Crippen LogP contribution < -0.4 is 15.5 Å². The maximum atomic E-state index is 12.3. The van der Waals surface area contributed by atoms with Crippen molar-refractivity contribution in [2.75, 3.05) is 29.6 Å². The van der Waals surface area contributed by atoms with Crippen LogP contribution in [0.5, 0.6) is 0 Å². The van der Waals surface area contributed by atoms with E-state index in [1.807, 2.05) is 49.3 Å². The Morgan fingerprint density at radius 3 is 2.44 bits per heavy atom. The number of nitrogens with one attached hydrogen (secondary N) is 2. The molecule has 6 heteroatoms. The molecule has 0 saturated heterocycles. The van der Waals surface area contributed by atoms with Gasteiger partial charge in [-0.1, -0.05) is 29.8 Å². The van der Waals surface area contributed by atoms with Gasteiger partial charge in [-0.15, -0.1) is 0 Å². The summed E-state index contributed by atoms with van der Waals surface area (Å²) in [4.78, 5) is 22.8. The van der Waals surface area contributed by atoms with Crippen LogP contribution in [0.25, 0.3) is 0 Å². The van der Waals surface area contributed by atoms with Gasteiger partial charge in [-0.05, 0) is 36.8 Å². The molecule has 0 saturated carbocycles. The van der Waals surface area contributed by atoms with Crippen LogP contribution >= 0.6 is 0 Å². The van der Waals surface area contributed by atoms with Crippen molar-refractivity contribution in [2.45, 2.75) is 13.5 Å². The lowest BCUT2D eigenvalue weighted by molar-refractivity contribution is 0.102. The van der Waals surface area contributed by atoms with Gasteiger partial charge in [-0.2, -0.15) is 0 Å². The molecular formula is C21H23N5O. The fourth-order valence-electron chi connectivity index (χ4n) is 2.59. The molecule has 0 aliphatic heterocycles. The average molecular weight is 361 g/mol. The lowest BCUT2D eigenvalue weighted by Gasteiger charge is -2.13. The van der Waals surface area contributed by atoms with Gasteiger partial charge >= 0.3 is 0 Å². The van der Waals surface area contributed by atoms with Gasteiger partial charge in [-0.3, -0.25) is 4.79 Å². The molecule has 1 aromatic heterocycles. The van der Waals surface area contributed by atoms with Crippen molar-refractivity contribution in [2.24, 2.45) is 0 Å². The minimum Gasteiger partial charge on any atom is -0.378 e. The summed E-state index contributed by atoms with van der Waals surface area (Å²) in [7, 11) is 3.94. The quantitative estimate of drug-likeness (QED) is 0.700. The first kappa shape index (κ1) is 18.4. The molecule has 2 N–H and O–H groups in total. The van der Waals surface area contributed by atoms with E-state index in [9.17, 15) is 4.79 Å². The molecule has 0 fully saturated rings. The van der Waals surface area contributed by atoms with Gasteiger partial charge < -0.3 is 15.5 Å². The molecule has 6 nitrogen and oxygen atoms in total. The van der Waals surface area contributed by atoms with Gasteiger partial charge in [0.15, 0.2) is 0 Å². The lowest BCUT2D eigenvalue weighted by Crippen LogP contribution is -2.15. The van der Waals surface area contributed by atoms with Crippen LogP contribution in [0.2, 0.25) is 0 Å². The summed E-state index contributed by atoms with van der Waals surface area (Å²) < 4.78 is 0. The van der Waals surface area contributed by atoms with E-state index in [1.165, 1.54) is 17.3 Å². The van der Waals surface area contributed by atoms with Gasteiger partial charge in [0.25, 0.3) is 5.91 Å². The molecule has 0 aliphatic rings. The summed E-state index contributed by atoms with van der Waals surface area (Å²) >= 11 is 0. The molecule has 0 atom stereocenters. The number of carbonyl (C=O) groups excluding carboxylic acids is 1. The van der Waals surface area contributed by atoms with Crippen LogP contribution in [0.15, 0.2) is 60.9 Å². The van der Waals surface area contributed by atoms with Crippen LogP contribution in [-0.2, 0) is 6.54 Å².